The Kier molecular flexibility index (Phi) is 3.12. The number of esters is 1. The third-order valence-electron chi connectivity index (χ3n) is 3.13. The van der Waals surface area contributed by atoms with Crippen molar-refractivity contribution in [1.29, 1.82) is 0 Å². The molecule has 0 spiro atoms. The molecule has 1 aliphatic rings. The first kappa shape index (κ1) is 9.56. The van der Waals surface area contributed by atoms with Crippen LogP contribution < -0.4 is 0 Å². The molecule has 12 heavy (non-hydrogen) atoms. The van der Waals surface area contributed by atoms with Gasteiger partial charge in [-0.2, -0.15) is 0 Å². The van der Waals surface area contributed by atoms with Crippen molar-refractivity contribution in [2.24, 2.45) is 17.8 Å². The molecule has 0 N–H and O–H groups in total. The summed E-state index contributed by atoms with van der Waals surface area (Å²) in [5, 5.41) is 0. The van der Waals surface area contributed by atoms with Gasteiger partial charge < -0.3 is 4.74 Å². The molecule has 3 atom stereocenters. The van der Waals surface area contributed by atoms with Crippen LogP contribution in [-0.2, 0) is 9.53 Å². The van der Waals surface area contributed by atoms with Gasteiger partial charge in [0.05, 0.1) is 13.0 Å². The minimum Gasteiger partial charge on any atom is -0.469 e. The van der Waals surface area contributed by atoms with Crippen molar-refractivity contribution in [2.45, 2.75) is 33.1 Å². The lowest BCUT2D eigenvalue weighted by atomic mass is 9.76. The number of carbonyl (C=O) groups is 1. The van der Waals surface area contributed by atoms with Crippen LogP contribution in [0.25, 0.3) is 0 Å². The normalized spacial score (nSPS) is 36.1. The quantitative estimate of drug-likeness (QED) is 0.564. The lowest BCUT2D eigenvalue weighted by molar-refractivity contribution is -0.147. The van der Waals surface area contributed by atoms with Crippen LogP contribution in [0.4, 0.5) is 0 Å². The Labute approximate surface area is 74.3 Å². The molecule has 0 radical (unpaired) electrons. The van der Waals surface area contributed by atoms with E-state index in [1.165, 1.54) is 13.5 Å². The van der Waals surface area contributed by atoms with Crippen molar-refractivity contribution in [2.75, 3.05) is 7.11 Å². The van der Waals surface area contributed by atoms with Gasteiger partial charge in [0.25, 0.3) is 0 Å². The van der Waals surface area contributed by atoms with Gasteiger partial charge in [-0.15, -0.1) is 0 Å². The van der Waals surface area contributed by atoms with Crippen LogP contribution in [-0.4, -0.2) is 13.1 Å². The van der Waals surface area contributed by atoms with Gasteiger partial charge in [-0.1, -0.05) is 13.8 Å². The lowest BCUT2D eigenvalue weighted by Gasteiger charge is -2.30. The van der Waals surface area contributed by atoms with Crippen LogP contribution in [0, 0.1) is 17.8 Å². The molecule has 0 saturated heterocycles. The molecule has 2 nitrogen and oxygen atoms in total. The fraction of sp³-hybridized carbons (Fsp3) is 0.900. The SMILES string of the molecule is COC(=O)[C@@H]1CCC(C)[C@@H](C)C1. The van der Waals surface area contributed by atoms with Crippen LogP contribution in [0.2, 0.25) is 0 Å². The Morgan fingerprint density at radius 2 is 1.92 bits per heavy atom. The van der Waals surface area contributed by atoms with Gasteiger partial charge in [-0.3, -0.25) is 4.79 Å². The third-order valence-corrected chi connectivity index (χ3v) is 3.13. The molecule has 0 aromatic heterocycles. The fourth-order valence-electron chi connectivity index (χ4n) is 1.93. The molecule has 1 aliphatic carbocycles. The monoisotopic (exact) mass is 170 g/mol. The van der Waals surface area contributed by atoms with Crippen molar-refractivity contribution in [3.05, 3.63) is 0 Å². The van der Waals surface area contributed by atoms with Gasteiger partial charge in [0, 0.05) is 0 Å². The zero-order chi connectivity index (χ0) is 9.14. The highest BCUT2D eigenvalue weighted by atomic mass is 16.5. The summed E-state index contributed by atoms with van der Waals surface area (Å²) < 4.78 is 4.73. The molecule has 0 aromatic carbocycles. The van der Waals surface area contributed by atoms with Crippen LogP contribution >= 0.6 is 0 Å². The Bertz CT molecular complexity index is 165. The van der Waals surface area contributed by atoms with Crippen molar-refractivity contribution < 1.29 is 9.53 Å². The average molecular weight is 170 g/mol. The topological polar surface area (TPSA) is 26.3 Å². The van der Waals surface area contributed by atoms with E-state index in [9.17, 15) is 4.79 Å². The van der Waals surface area contributed by atoms with Gasteiger partial charge in [0.1, 0.15) is 0 Å². The fourth-order valence-corrected chi connectivity index (χ4v) is 1.93. The summed E-state index contributed by atoms with van der Waals surface area (Å²) in [6.07, 6.45) is 3.19. The minimum absolute atomic E-state index is 0.0197. The van der Waals surface area contributed by atoms with Crippen molar-refractivity contribution >= 4 is 5.97 Å². The Morgan fingerprint density at radius 1 is 1.25 bits per heavy atom. The standard InChI is InChI=1S/C10H18O2/c1-7-4-5-9(6-8(7)2)10(11)12-3/h7-9H,4-6H2,1-3H3/t7?,8-,9+/m0/s1. The van der Waals surface area contributed by atoms with Crippen molar-refractivity contribution in [3.8, 4) is 0 Å². The van der Waals surface area contributed by atoms with Crippen LogP contribution in [0.15, 0.2) is 0 Å². The first-order valence-electron chi connectivity index (χ1n) is 4.73. The summed E-state index contributed by atoms with van der Waals surface area (Å²) in [6, 6.07) is 0. The van der Waals surface area contributed by atoms with E-state index in [1.807, 2.05) is 0 Å². The molecular weight excluding hydrogens is 152 g/mol. The summed E-state index contributed by atoms with van der Waals surface area (Å²) in [4.78, 5) is 11.2. The molecular formula is C10H18O2. The van der Waals surface area contributed by atoms with Gasteiger partial charge in [-0.05, 0) is 31.1 Å². The highest BCUT2D eigenvalue weighted by Crippen LogP contribution is 2.33. The van der Waals surface area contributed by atoms with E-state index in [0.717, 1.165) is 18.8 Å². The van der Waals surface area contributed by atoms with E-state index in [2.05, 4.69) is 13.8 Å². The molecule has 1 rings (SSSR count). The Morgan fingerprint density at radius 3 is 2.42 bits per heavy atom. The van der Waals surface area contributed by atoms with Gasteiger partial charge >= 0.3 is 5.97 Å². The maximum absolute atomic E-state index is 11.2. The number of rotatable bonds is 1. The van der Waals surface area contributed by atoms with Crippen molar-refractivity contribution in [1.82, 2.24) is 0 Å². The second-order valence-corrected chi connectivity index (χ2v) is 3.99. The maximum atomic E-state index is 11.2. The lowest BCUT2D eigenvalue weighted by Crippen LogP contribution is -2.27. The molecule has 2 heteroatoms. The summed E-state index contributed by atoms with van der Waals surface area (Å²) in [6.45, 7) is 4.48. The van der Waals surface area contributed by atoms with Gasteiger partial charge in [0.15, 0.2) is 0 Å². The number of ether oxygens (including phenoxy) is 1. The van der Waals surface area contributed by atoms with E-state index >= 15 is 0 Å². The number of hydrogen-bond donors (Lipinski definition) is 0. The second-order valence-electron chi connectivity index (χ2n) is 3.99. The number of carbonyl (C=O) groups excluding carboxylic acids is 1. The zero-order valence-corrected chi connectivity index (χ0v) is 8.17. The third kappa shape index (κ3) is 1.99. The summed E-state index contributed by atoms with van der Waals surface area (Å²) in [5.74, 6) is 1.59. The highest BCUT2D eigenvalue weighted by molar-refractivity contribution is 5.72. The first-order valence-corrected chi connectivity index (χ1v) is 4.73. The van der Waals surface area contributed by atoms with Gasteiger partial charge in [-0.25, -0.2) is 0 Å². The Balaban J connectivity index is 2.45. The zero-order valence-electron chi connectivity index (χ0n) is 8.17. The molecule has 0 aliphatic heterocycles. The van der Waals surface area contributed by atoms with E-state index < -0.39 is 0 Å². The maximum Gasteiger partial charge on any atom is 0.308 e. The molecule has 70 valence electrons. The van der Waals surface area contributed by atoms with Crippen LogP contribution in [0.3, 0.4) is 0 Å². The first-order chi connectivity index (χ1) is 5.65. The molecule has 1 unspecified atom stereocenters. The molecule has 0 amide bonds. The molecule has 0 heterocycles. The second kappa shape index (κ2) is 3.92. The summed E-state index contributed by atoms with van der Waals surface area (Å²) >= 11 is 0. The highest BCUT2D eigenvalue weighted by Gasteiger charge is 2.29. The predicted octanol–water partition coefficient (Wildman–Crippen LogP) is 2.23. The molecule has 1 saturated carbocycles. The van der Waals surface area contributed by atoms with Crippen molar-refractivity contribution in [3.63, 3.8) is 0 Å². The summed E-state index contributed by atoms with van der Waals surface area (Å²) in [7, 11) is 1.48. The summed E-state index contributed by atoms with van der Waals surface area (Å²) in [5.41, 5.74) is 0. The van der Waals surface area contributed by atoms with E-state index in [1.54, 1.807) is 0 Å². The largest absolute Gasteiger partial charge is 0.469 e. The minimum atomic E-state index is -0.0197. The van der Waals surface area contributed by atoms with E-state index in [0.29, 0.717) is 5.92 Å². The van der Waals surface area contributed by atoms with Gasteiger partial charge in [0.2, 0.25) is 0 Å². The van der Waals surface area contributed by atoms with Crippen LogP contribution in [0.5, 0.6) is 0 Å². The Hall–Kier alpha value is -0.530. The number of methoxy groups -OCH3 is 1. The smallest absolute Gasteiger partial charge is 0.308 e. The molecule has 0 bridgehead atoms. The van der Waals surface area contributed by atoms with Crippen LogP contribution in [0.1, 0.15) is 33.1 Å². The molecule has 0 aromatic rings. The average Bonchev–Trinajstić information content (AvgIpc) is 2.08. The van der Waals surface area contributed by atoms with E-state index in [-0.39, 0.29) is 11.9 Å². The molecule has 1 fully saturated rings. The predicted molar refractivity (Wildman–Crippen MR) is 47.7 cm³/mol. The number of hydrogen-bond acceptors (Lipinski definition) is 2. The van der Waals surface area contributed by atoms with E-state index in [4.69, 9.17) is 4.74 Å².